The topological polar surface area (TPSA) is 29.5 Å². The molecule has 0 aromatic heterocycles. The van der Waals surface area contributed by atoms with Crippen LogP contribution in [0.5, 0.6) is 0 Å². The minimum Gasteiger partial charge on any atom is -0.378 e. The van der Waals surface area contributed by atoms with E-state index in [2.05, 4.69) is 4.90 Å². The van der Waals surface area contributed by atoms with Crippen molar-refractivity contribution in [3.05, 3.63) is 46.9 Å². The van der Waals surface area contributed by atoms with E-state index in [1.54, 1.807) is 12.1 Å². The Balaban J connectivity index is 1.89. The van der Waals surface area contributed by atoms with Crippen LogP contribution in [0.4, 0.5) is 4.39 Å². The molecule has 0 spiro atoms. The molecule has 0 atom stereocenters. The summed E-state index contributed by atoms with van der Waals surface area (Å²) in [5, 5.41) is 0. The van der Waals surface area contributed by atoms with Crippen LogP contribution in [-0.4, -0.2) is 37.0 Å². The van der Waals surface area contributed by atoms with Crippen LogP contribution in [0.15, 0.2) is 35.5 Å². The quantitative estimate of drug-likeness (QED) is 0.801. The summed E-state index contributed by atoms with van der Waals surface area (Å²) in [5.74, 6) is -0.256. The van der Waals surface area contributed by atoms with Crippen LogP contribution < -0.4 is 0 Å². The summed E-state index contributed by atoms with van der Waals surface area (Å²) in [6.07, 6.45) is 3.97. The normalized spacial score (nSPS) is 19.8. The van der Waals surface area contributed by atoms with Gasteiger partial charge in [-0.3, -0.25) is 4.79 Å². The summed E-state index contributed by atoms with van der Waals surface area (Å²) in [7, 11) is 0. The molecule has 1 aromatic rings. The van der Waals surface area contributed by atoms with E-state index in [1.807, 2.05) is 0 Å². The van der Waals surface area contributed by atoms with E-state index < -0.39 is 0 Å². The Labute approximate surface area is 124 Å². The molecular formula is C17H20FNO2. The minimum absolute atomic E-state index is 0.0520. The van der Waals surface area contributed by atoms with Gasteiger partial charge >= 0.3 is 0 Å². The molecule has 0 bridgehead atoms. The Morgan fingerprint density at radius 3 is 2.43 bits per heavy atom. The summed E-state index contributed by atoms with van der Waals surface area (Å²) < 4.78 is 18.4. The number of benzene rings is 1. The highest BCUT2D eigenvalue weighted by molar-refractivity contribution is 6.09. The average molecular weight is 289 g/mol. The fraction of sp³-hybridized carbons (Fsp3) is 0.471. The number of halogens is 1. The van der Waals surface area contributed by atoms with Crippen LogP contribution in [0.1, 0.15) is 36.0 Å². The summed E-state index contributed by atoms with van der Waals surface area (Å²) in [6, 6.07) is 5.86. The van der Waals surface area contributed by atoms with Gasteiger partial charge in [-0.05, 0) is 49.9 Å². The van der Waals surface area contributed by atoms with Crippen LogP contribution in [0.2, 0.25) is 0 Å². The van der Waals surface area contributed by atoms with Gasteiger partial charge in [-0.1, -0.05) is 0 Å². The molecule has 21 heavy (non-hydrogen) atoms. The van der Waals surface area contributed by atoms with E-state index in [0.717, 1.165) is 57.6 Å². The van der Waals surface area contributed by atoms with E-state index in [1.165, 1.54) is 17.8 Å². The number of rotatable bonds is 3. The van der Waals surface area contributed by atoms with Crippen LogP contribution in [0, 0.1) is 5.82 Å². The number of ether oxygens (including phenoxy) is 1. The van der Waals surface area contributed by atoms with Gasteiger partial charge in [0.05, 0.1) is 13.2 Å². The van der Waals surface area contributed by atoms with Gasteiger partial charge in [-0.15, -0.1) is 0 Å². The van der Waals surface area contributed by atoms with Gasteiger partial charge in [0, 0.05) is 29.9 Å². The van der Waals surface area contributed by atoms with Gasteiger partial charge in [0.15, 0.2) is 5.78 Å². The van der Waals surface area contributed by atoms with E-state index >= 15 is 0 Å². The number of carbonyl (C=O) groups excluding carboxylic acids is 1. The molecule has 0 radical (unpaired) electrons. The monoisotopic (exact) mass is 289 g/mol. The van der Waals surface area contributed by atoms with Crippen molar-refractivity contribution >= 4 is 5.78 Å². The first-order valence-electron chi connectivity index (χ1n) is 7.60. The Kier molecular flexibility index (Phi) is 4.34. The van der Waals surface area contributed by atoms with Crippen LogP contribution in [0.25, 0.3) is 0 Å². The molecule has 3 rings (SSSR count). The first-order chi connectivity index (χ1) is 10.3. The van der Waals surface area contributed by atoms with Crippen LogP contribution in [-0.2, 0) is 4.74 Å². The number of hydrogen-bond donors (Lipinski definition) is 0. The summed E-state index contributed by atoms with van der Waals surface area (Å²) in [5.41, 5.74) is 2.67. The summed E-state index contributed by atoms with van der Waals surface area (Å²) >= 11 is 0. The van der Waals surface area contributed by atoms with Crippen molar-refractivity contribution in [2.45, 2.75) is 25.7 Å². The number of ketones is 1. The predicted molar refractivity (Wildman–Crippen MR) is 78.6 cm³/mol. The zero-order valence-corrected chi connectivity index (χ0v) is 12.1. The van der Waals surface area contributed by atoms with Gasteiger partial charge in [0.1, 0.15) is 5.82 Å². The standard InChI is InChI=1S/C17H20FNO2/c18-14-7-5-13(6-8-14)17(20)15-3-1-2-4-16(15)19-9-11-21-12-10-19/h5-8H,1-4,9-12H2. The Bertz CT molecular complexity index is 544. The lowest BCUT2D eigenvalue weighted by molar-refractivity contribution is 0.0503. The lowest BCUT2D eigenvalue weighted by Crippen LogP contribution is -2.37. The zero-order chi connectivity index (χ0) is 14.7. The maximum atomic E-state index is 13.0. The van der Waals surface area contributed by atoms with Crippen molar-refractivity contribution in [3.8, 4) is 0 Å². The third-order valence-corrected chi connectivity index (χ3v) is 4.21. The predicted octanol–water partition coefficient (Wildman–Crippen LogP) is 3.17. The highest BCUT2D eigenvalue weighted by Crippen LogP contribution is 2.30. The molecule has 1 aliphatic heterocycles. The fourth-order valence-electron chi connectivity index (χ4n) is 3.09. The lowest BCUT2D eigenvalue weighted by atomic mass is 9.89. The van der Waals surface area contributed by atoms with Crippen molar-refractivity contribution in [1.29, 1.82) is 0 Å². The molecule has 3 nitrogen and oxygen atoms in total. The van der Waals surface area contributed by atoms with Gasteiger partial charge in [0.25, 0.3) is 0 Å². The third-order valence-electron chi connectivity index (χ3n) is 4.21. The Morgan fingerprint density at radius 1 is 1.05 bits per heavy atom. The molecule has 0 N–H and O–H groups in total. The Morgan fingerprint density at radius 2 is 1.71 bits per heavy atom. The van der Waals surface area contributed by atoms with Crippen molar-refractivity contribution in [2.75, 3.05) is 26.3 Å². The molecule has 112 valence electrons. The van der Waals surface area contributed by atoms with Crippen molar-refractivity contribution in [2.24, 2.45) is 0 Å². The van der Waals surface area contributed by atoms with E-state index in [4.69, 9.17) is 4.74 Å². The Hall–Kier alpha value is -1.68. The largest absolute Gasteiger partial charge is 0.378 e. The van der Waals surface area contributed by atoms with E-state index in [-0.39, 0.29) is 11.6 Å². The molecule has 1 heterocycles. The second-order valence-electron chi connectivity index (χ2n) is 5.57. The molecule has 1 aliphatic carbocycles. The summed E-state index contributed by atoms with van der Waals surface area (Å²) in [4.78, 5) is 15.0. The van der Waals surface area contributed by atoms with E-state index in [0.29, 0.717) is 5.56 Å². The number of hydrogen-bond acceptors (Lipinski definition) is 3. The maximum absolute atomic E-state index is 13.0. The van der Waals surface area contributed by atoms with Gasteiger partial charge in [-0.25, -0.2) is 4.39 Å². The molecule has 0 saturated carbocycles. The highest BCUT2D eigenvalue weighted by atomic mass is 19.1. The number of morpholine rings is 1. The molecule has 1 fully saturated rings. The average Bonchev–Trinajstić information content (AvgIpc) is 2.56. The number of carbonyl (C=O) groups is 1. The summed E-state index contributed by atoms with van der Waals surface area (Å²) in [6.45, 7) is 3.16. The van der Waals surface area contributed by atoms with Crippen LogP contribution >= 0.6 is 0 Å². The molecule has 1 saturated heterocycles. The second-order valence-corrected chi connectivity index (χ2v) is 5.57. The number of allylic oxidation sites excluding steroid dienone is 2. The number of Topliss-reactive ketones (excluding diaryl/α,β-unsaturated/α-hetero) is 1. The smallest absolute Gasteiger partial charge is 0.190 e. The van der Waals surface area contributed by atoms with Gasteiger partial charge in [-0.2, -0.15) is 0 Å². The third kappa shape index (κ3) is 3.16. The van der Waals surface area contributed by atoms with Gasteiger partial charge < -0.3 is 9.64 Å². The fourth-order valence-corrected chi connectivity index (χ4v) is 3.09. The molecular weight excluding hydrogens is 269 g/mol. The molecule has 0 unspecified atom stereocenters. The molecule has 4 heteroatoms. The van der Waals surface area contributed by atoms with Crippen LogP contribution in [0.3, 0.4) is 0 Å². The highest BCUT2D eigenvalue weighted by Gasteiger charge is 2.25. The van der Waals surface area contributed by atoms with Crippen molar-refractivity contribution in [1.82, 2.24) is 4.90 Å². The van der Waals surface area contributed by atoms with Crippen molar-refractivity contribution < 1.29 is 13.9 Å². The molecule has 2 aliphatic rings. The second kappa shape index (κ2) is 6.39. The first-order valence-corrected chi connectivity index (χ1v) is 7.60. The molecule has 1 aromatic carbocycles. The lowest BCUT2D eigenvalue weighted by Gasteiger charge is -2.34. The van der Waals surface area contributed by atoms with Gasteiger partial charge in [0.2, 0.25) is 0 Å². The maximum Gasteiger partial charge on any atom is 0.190 e. The number of nitrogens with zero attached hydrogens (tertiary/aromatic N) is 1. The zero-order valence-electron chi connectivity index (χ0n) is 12.1. The first kappa shape index (κ1) is 14.3. The molecule has 0 amide bonds. The van der Waals surface area contributed by atoms with Crippen molar-refractivity contribution in [3.63, 3.8) is 0 Å². The SMILES string of the molecule is O=C(C1=C(N2CCOCC2)CCCC1)c1ccc(F)cc1. The van der Waals surface area contributed by atoms with E-state index in [9.17, 15) is 9.18 Å². The minimum atomic E-state index is -0.308.